The van der Waals surface area contributed by atoms with Crippen molar-refractivity contribution >= 4 is 29.3 Å². The molecule has 0 atom stereocenters. The summed E-state index contributed by atoms with van der Waals surface area (Å²) < 4.78 is 7.31. The number of hydrogen-bond acceptors (Lipinski definition) is 7. The standard InChI is InChI=1S/C21H28N6O3S/c22-18(28)7-8-27-20(16-3-4-16)24-25-21(27)31-14-19(29)23-17-5-1-15(2-6-17)13-26-9-11-30-12-10-26/h1-2,5-6,16H,3-4,7-14H2,(H2,22,28)(H,23,29). The molecule has 1 aliphatic carbocycles. The van der Waals surface area contributed by atoms with E-state index in [1.54, 1.807) is 0 Å². The third kappa shape index (κ3) is 6.28. The van der Waals surface area contributed by atoms with E-state index in [-0.39, 0.29) is 24.0 Å². The van der Waals surface area contributed by atoms with Gasteiger partial charge < -0.3 is 20.4 Å². The molecule has 3 N–H and O–H groups in total. The van der Waals surface area contributed by atoms with Gasteiger partial charge >= 0.3 is 0 Å². The molecule has 2 amide bonds. The predicted octanol–water partition coefficient (Wildman–Crippen LogP) is 1.59. The zero-order chi connectivity index (χ0) is 21.6. The summed E-state index contributed by atoms with van der Waals surface area (Å²) >= 11 is 1.33. The van der Waals surface area contributed by atoms with Crippen LogP contribution in [-0.2, 0) is 27.4 Å². The first-order chi connectivity index (χ1) is 15.1. The Balaban J connectivity index is 1.28. The molecule has 9 nitrogen and oxygen atoms in total. The summed E-state index contributed by atoms with van der Waals surface area (Å²) in [5.74, 6) is 1.04. The van der Waals surface area contributed by atoms with E-state index < -0.39 is 0 Å². The third-order valence-corrected chi connectivity index (χ3v) is 6.32. The van der Waals surface area contributed by atoms with Gasteiger partial charge in [0.1, 0.15) is 5.82 Å². The molecule has 166 valence electrons. The van der Waals surface area contributed by atoms with E-state index in [2.05, 4.69) is 20.4 Å². The molecule has 1 saturated heterocycles. The first-order valence-electron chi connectivity index (χ1n) is 10.6. The van der Waals surface area contributed by atoms with Crippen LogP contribution in [0, 0.1) is 0 Å². The average Bonchev–Trinajstić information content (AvgIpc) is 3.53. The number of benzene rings is 1. The Kier molecular flexibility index (Phi) is 7.21. The highest BCUT2D eigenvalue weighted by Gasteiger charge is 2.30. The molecule has 2 heterocycles. The Bertz CT molecular complexity index is 906. The molecule has 1 saturated carbocycles. The summed E-state index contributed by atoms with van der Waals surface area (Å²) in [7, 11) is 0. The van der Waals surface area contributed by atoms with Crippen LogP contribution in [-0.4, -0.2) is 63.5 Å². The number of ether oxygens (including phenoxy) is 1. The first-order valence-corrected chi connectivity index (χ1v) is 11.6. The lowest BCUT2D eigenvalue weighted by atomic mass is 10.2. The zero-order valence-corrected chi connectivity index (χ0v) is 18.3. The second-order valence-electron chi connectivity index (χ2n) is 7.91. The molecule has 4 rings (SSSR count). The van der Waals surface area contributed by atoms with Crippen LogP contribution in [0.1, 0.15) is 36.6 Å². The van der Waals surface area contributed by atoms with Gasteiger partial charge in [0.15, 0.2) is 5.16 Å². The Hall–Kier alpha value is -2.43. The number of thioether (sulfide) groups is 1. The third-order valence-electron chi connectivity index (χ3n) is 5.35. The van der Waals surface area contributed by atoms with Gasteiger partial charge in [0.05, 0.1) is 19.0 Å². The van der Waals surface area contributed by atoms with Crippen LogP contribution in [0.3, 0.4) is 0 Å². The Morgan fingerprint density at radius 2 is 1.90 bits per heavy atom. The topological polar surface area (TPSA) is 115 Å². The van der Waals surface area contributed by atoms with E-state index in [0.717, 1.165) is 57.2 Å². The number of nitrogens with zero attached hydrogens (tertiary/aromatic N) is 4. The minimum atomic E-state index is -0.360. The van der Waals surface area contributed by atoms with E-state index in [1.807, 2.05) is 28.8 Å². The maximum atomic E-state index is 12.4. The molecule has 2 aliphatic rings. The SMILES string of the molecule is NC(=O)CCn1c(SCC(=O)Nc2ccc(CN3CCOCC3)cc2)nnc1C1CC1. The summed E-state index contributed by atoms with van der Waals surface area (Å²) in [6, 6.07) is 7.94. The fourth-order valence-corrected chi connectivity index (χ4v) is 4.29. The van der Waals surface area contributed by atoms with Crippen molar-refractivity contribution in [2.45, 2.75) is 43.4 Å². The van der Waals surface area contributed by atoms with Gasteiger partial charge in [0, 0.05) is 44.2 Å². The van der Waals surface area contributed by atoms with E-state index in [1.165, 1.54) is 17.3 Å². The van der Waals surface area contributed by atoms with Crippen molar-refractivity contribution in [1.82, 2.24) is 19.7 Å². The van der Waals surface area contributed by atoms with Gasteiger partial charge in [-0.2, -0.15) is 0 Å². The quantitative estimate of drug-likeness (QED) is 0.535. The summed E-state index contributed by atoms with van der Waals surface area (Å²) in [5, 5.41) is 12.1. The highest BCUT2D eigenvalue weighted by atomic mass is 32.2. The molecule has 0 bridgehead atoms. The van der Waals surface area contributed by atoms with Crippen LogP contribution < -0.4 is 11.1 Å². The molecule has 2 fully saturated rings. The van der Waals surface area contributed by atoms with Crippen molar-refractivity contribution in [1.29, 1.82) is 0 Å². The van der Waals surface area contributed by atoms with Crippen molar-refractivity contribution in [3.63, 3.8) is 0 Å². The van der Waals surface area contributed by atoms with E-state index in [0.29, 0.717) is 17.6 Å². The maximum absolute atomic E-state index is 12.4. The molecule has 2 aromatic rings. The number of aromatic nitrogens is 3. The van der Waals surface area contributed by atoms with Crippen molar-refractivity contribution in [2.75, 3.05) is 37.4 Å². The van der Waals surface area contributed by atoms with Crippen molar-refractivity contribution < 1.29 is 14.3 Å². The molecular formula is C21H28N6O3S. The van der Waals surface area contributed by atoms with E-state index in [9.17, 15) is 9.59 Å². The lowest BCUT2D eigenvalue weighted by Crippen LogP contribution is -2.35. The molecule has 1 aliphatic heterocycles. The number of anilines is 1. The lowest BCUT2D eigenvalue weighted by Gasteiger charge is -2.26. The number of amides is 2. The number of nitrogens with two attached hydrogens (primary N) is 1. The van der Waals surface area contributed by atoms with Crippen LogP contribution in [0.25, 0.3) is 0 Å². The van der Waals surface area contributed by atoms with Gasteiger partial charge in [-0.25, -0.2) is 0 Å². The Morgan fingerprint density at radius 3 is 2.58 bits per heavy atom. The summed E-state index contributed by atoms with van der Waals surface area (Å²) in [5.41, 5.74) is 7.28. The van der Waals surface area contributed by atoms with Crippen molar-refractivity contribution in [2.24, 2.45) is 5.73 Å². The summed E-state index contributed by atoms with van der Waals surface area (Å²) in [4.78, 5) is 26.0. The monoisotopic (exact) mass is 444 g/mol. The number of carbonyl (C=O) groups is 2. The lowest BCUT2D eigenvalue weighted by molar-refractivity contribution is -0.118. The number of nitrogens with one attached hydrogen (secondary N) is 1. The molecule has 31 heavy (non-hydrogen) atoms. The maximum Gasteiger partial charge on any atom is 0.234 e. The molecule has 1 aromatic heterocycles. The minimum absolute atomic E-state index is 0.108. The Labute approximate surface area is 185 Å². The van der Waals surface area contributed by atoms with E-state index >= 15 is 0 Å². The van der Waals surface area contributed by atoms with Crippen molar-refractivity contribution in [3.05, 3.63) is 35.7 Å². The van der Waals surface area contributed by atoms with Gasteiger partial charge in [-0.05, 0) is 30.5 Å². The van der Waals surface area contributed by atoms with Gasteiger partial charge in [-0.15, -0.1) is 10.2 Å². The fourth-order valence-electron chi connectivity index (χ4n) is 3.52. The summed E-state index contributed by atoms with van der Waals surface area (Å²) in [6.45, 7) is 4.79. The molecule has 0 spiro atoms. The zero-order valence-electron chi connectivity index (χ0n) is 17.5. The highest BCUT2D eigenvalue weighted by Crippen LogP contribution is 2.40. The number of hydrogen-bond donors (Lipinski definition) is 2. The van der Waals surface area contributed by atoms with Crippen LogP contribution in [0.4, 0.5) is 5.69 Å². The predicted molar refractivity (Wildman–Crippen MR) is 118 cm³/mol. The van der Waals surface area contributed by atoms with Gasteiger partial charge in [-0.3, -0.25) is 14.5 Å². The van der Waals surface area contributed by atoms with Crippen molar-refractivity contribution in [3.8, 4) is 0 Å². The number of primary amides is 1. The summed E-state index contributed by atoms with van der Waals surface area (Å²) in [6.07, 6.45) is 2.40. The first kappa shape index (κ1) is 21.8. The molecule has 0 unspecified atom stereocenters. The fraction of sp³-hybridized carbons (Fsp3) is 0.524. The van der Waals surface area contributed by atoms with Gasteiger partial charge in [-0.1, -0.05) is 23.9 Å². The number of rotatable bonds is 10. The van der Waals surface area contributed by atoms with Gasteiger partial charge in [0.25, 0.3) is 0 Å². The van der Waals surface area contributed by atoms with Crippen LogP contribution >= 0.6 is 11.8 Å². The number of morpholine rings is 1. The van der Waals surface area contributed by atoms with E-state index in [4.69, 9.17) is 10.5 Å². The Morgan fingerprint density at radius 1 is 1.16 bits per heavy atom. The second kappa shape index (κ2) is 10.3. The smallest absolute Gasteiger partial charge is 0.234 e. The average molecular weight is 445 g/mol. The van der Waals surface area contributed by atoms with Crippen LogP contribution in [0.2, 0.25) is 0 Å². The molecule has 0 radical (unpaired) electrons. The largest absolute Gasteiger partial charge is 0.379 e. The highest BCUT2D eigenvalue weighted by molar-refractivity contribution is 7.99. The minimum Gasteiger partial charge on any atom is -0.379 e. The molecule has 1 aromatic carbocycles. The second-order valence-corrected chi connectivity index (χ2v) is 8.85. The van der Waals surface area contributed by atoms with Crippen LogP contribution in [0.5, 0.6) is 0 Å². The molecular weight excluding hydrogens is 416 g/mol. The number of carbonyl (C=O) groups excluding carboxylic acids is 2. The van der Waals surface area contributed by atoms with Gasteiger partial charge in [0.2, 0.25) is 11.8 Å². The molecule has 10 heteroatoms. The van der Waals surface area contributed by atoms with Crippen LogP contribution in [0.15, 0.2) is 29.4 Å². The normalized spacial score (nSPS) is 16.9.